The van der Waals surface area contributed by atoms with Gasteiger partial charge in [-0.1, -0.05) is 12.1 Å². The van der Waals surface area contributed by atoms with E-state index >= 15 is 0 Å². The largest absolute Gasteiger partial charge is 0.456 e. The monoisotopic (exact) mass is 379 g/mol. The lowest BCUT2D eigenvalue weighted by Crippen LogP contribution is -2.21. The van der Waals surface area contributed by atoms with E-state index in [-0.39, 0.29) is 13.0 Å². The summed E-state index contributed by atoms with van der Waals surface area (Å²) in [7, 11) is 0. The van der Waals surface area contributed by atoms with E-state index in [4.69, 9.17) is 4.74 Å². The molecule has 0 heterocycles. The molecule has 0 atom stereocenters. The SMILES string of the molecule is Cc1ccc(C)c(NC(=O)COC(=O)CCSc2ccc(F)c(F)c2)c1. The first-order valence-electron chi connectivity index (χ1n) is 7.95. The van der Waals surface area contributed by atoms with E-state index in [0.29, 0.717) is 16.3 Å². The second-order valence-corrected chi connectivity index (χ2v) is 6.87. The maximum absolute atomic E-state index is 13.1. The lowest BCUT2D eigenvalue weighted by Gasteiger charge is -2.10. The third-order valence-corrected chi connectivity index (χ3v) is 4.49. The number of thioether (sulfide) groups is 1. The fraction of sp³-hybridized carbons (Fsp3) is 0.263. The third-order valence-electron chi connectivity index (χ3n) is 3.50. The van der Waals surface area contributed by atoms with Gasteiger partial charge in [0, 0.05) is 16.3 Å². The van der Waals surface area contributed by atoms with Crippen LogP contribution in [0.2, 0.25) is 0 Å². The highest BCUT2D eigenvalue weighted by atomic mass is 32.2. The van der Waals surface area contributed by atoms with E-state index in [9.17, 15) is 18.4 Å². The highest BCUT2D eigenvalue weighted by Crippen LogP contribution is 2.21. The number of amides is 1. The molecule has 0 aliphatic heterocycles. The summed E-state index contributed by atoms with van der Waals surface area (Å²) in [5, 5.41) is 2.70. The molecule has 7 heteroatoms. The molecule has 4 nitrogen and oxygen atoms in total. The van der Waals surface area contributed by atoms with Gasteiger partial charge in [0.1, 0.15) is 0 Å². The Bertz CT molecular complexity index is 811. The number of carbonyl (C=O) groups is 2. The molecular formula is C19H19F2NO3S. The molecule has 0 saturated heterocycles. The molecule has 0 radical (unpaired) electrons. The van der Waals surface area contributed by atoms with Crippen molar-refractivity contribution in [1.29, 1.82) is 0 Å². The number of hydrogen-bond acceptors (Lipinski definition) is 4. The van der Waals surface area contributed by atoms with Crippen LogP contribution in [0.25, 0.3) is 0 Å². The van der Waals surface area contributed by atoms with Gasteiger partial charge < -0.3 is 10.1 Å². The van der Waals surface area contributed by atoms with E-state index in [1.165, 1.54) is 17.8 Å². The number of halogens is 2. The van der Waals surface area contributed by atoms with Crippen molar-refractivity contribution in [1.82, 2.24) is 0 Å². The van der Waals surface area contributed by atoms with Crippen LogP contribution in [0, 0.1) is 25.5 Å². The van der Waals surface area contributed by atoms with Crippen molar-refractivity contribution in [2.45, 2.75) is 25.2 Å². The average molecular weight is 379 g/mol. The Morgan fingerprint density at radius 3 is 2.58 bits per heavy atom. The first kappa shape index (κ1) is 19.9. The molecule has 2 rings (SSSR count). The van der Waals surface area contributed by atoms with Gasteiger partial charge in [-0.25, -0.2) is 8.78 Å². The molecule has 2 aromatic rings. The standard InChI is InChI=1S/C19H19F2NO3S/c1-12-3-4-13(2)17(9-12)22-18(23)11-25-19(24)7-8-26-14-5-6-15(20)16(21)10-14/h3-6,9-10H,7-8,11H2,1-2H3,(H,22,23). The van der Waals surface area contributed by atoms with Crippen molar-refractivity contribution < 1.29 is 23.1 Å². The fourth-order valence-corrected chi connectivity index (χ4v) is 2.95. The van der Waals surface area contributed by atoms with Gasteiger partial charge in [-0.3, -0.25) is 9.59 Å². The smallest absolute Gasteiger partial charge is 0.307 e. The van der Waals surface area contributed by atoms with E-state index in [1.807, 2.05) is 32.0 Å². The second kappa shape index (κ2) is 9.33. The molecule has 138 valence electrons. The quantitative estimate of drug-likeness (QED) is 0.577. The molecule has 0 aliphatic carbocycles. The summed E-state index contributed by atoms with van der Waals surface area (Å²) in [6.07, 6.45) is 0.0560. The number of nitrogens with one attached hydrogen (secondary N) is 1. The molecule has 1 amide bonds. The van der Waals surface area contributed by atoms with Crippen molar-refractivity contribution in [3.63, 3.8) is 0 Å². The van der Waals surface area contributed by atoms with Gasteiger partial charge >= 0.3 is 5.97 Å². The highest BCUT2D eigenvalue weighted by Gasteiger charge is 2.10. The molecule has 2 aromatic carbocycles. The van der Waals surface area contributed by atoms with E-state index in [0.717, 1.165) is 23.3 Å². The number of anilines is 1. The van der Waals surface area contributed by atoms with Gasteiger partial charge in [-0.2, -0.15) is 0 Å². The zero-order valence-corrected chi connectivity index (χ0v) is 15.3. The normalized spacial score (nSPS) is 10.5. The molecule has 26 heavy (non-hydrogen) atoms. The van der Waals surface area contributed by atoms with Crippen LogP contribution in [0.4, 0.5) is 14.5 Å². The third kappa shape index (κ3) is 6.15. The van der Waals surface area contributed by atoms with Gasteiger partial charge in [0.05, 0.1) is 6.42 Å². The molecule has 1 N–H and O–H groups in total. The maximum Gasteiger partial charge on any atom is 0.307 e. The number of aryl methyl sites for hydroxylation is 2. The van der Waals surface area contributed by atoms with Crippen molar-refractivity contribution >= 4 is 29.3 Å². The Morgan fingerprint density at radius 1 is 1.08 bits per heavy atom. The maximum atomic E-state index is 13.1. The zero-order valence-electron chi connectivity index (χ0n) is 14.5. The number of hydrogen-bond donors (Lipinski definition) is 1. The Balaban J connectivity index is 1.71. The summed E-state index contributed by atoms with van der Waals surface area (Å²) in [6, 6.07) is 9.22. The van der Waals surface area contributed by atoms with Gasteiger partial charge in [0.25, 0.3) is 5.91 Å². The Hall–Kier alpha value is -2.41. The molecule has 0 bridgehead atoms. The van der Waals surface area contributed by atoms with Crippen molar-refractivity contribution in [2.24, 2.45) is 0 Å². The summed E-state index contributed by atoms with van der Waals surface area (Å²) in [5.74, 6) is -2.46. The summed E-state index contributed by atoms with van der Waals surface area (Å²) < 4.78 is 30.8. The zero-order chi connectivity index (χ0) is 19.1. The van der Waals surface area contributed by atoms with Crippen LogP contribution in [-0.4, -0.2) is 24.2 Å². The van der Waals surface area contributed by atoms with Crippen LogP contribution in [0.1, 0.15) is 17.5 Å². The lowest BCUT2D eigenvalue weighted by atomic mass is 10.1. The number of esters is 1. The Labute approximate surface area is 154 Å². The minimum absolute atomic E-state index is 0.0560. The minimum Gasteiger partial charge on any atom is -0.456 e. The second-order valence-electron chi connectivity index (χ2n) is 5.70. The van der Waals surface area contributed by atoms with Crippen molar-refractivity contribution in [3.05, 3.63) is 59.2 Å². The van der Waals surface area contributed by atoms with Crippen LogP contribution in [0.15, 0.2) is 41.3 Å². The highest BCUT2D eigenvalue weighted by molar-refractivity contribution is 7.99. The number of ether oxygens (including phenoxy) is 1. The molecule has 0 spiro atoms. The molecule has 0 aromatic heterocycles. The Kier molecular flexibility index (Phi) is 7.15. The lowest BCUT2D eigenvalue weighted by molar-refractivity contribution is -0.146. The molecule has 0 aliphatic rings. The summed E-state index contributed by atoms with van der Waals surface area (Å²) >= 11 is 1.20. The summed E-state index contributed by atoms with van der Waals surface area (Å²) in [5.41, 5.74) is 2.61. The predicted octanol–water partition coefficient (Wildman–Crippen LogP) is 4.25. The van der Waals surface area contributed by atoms with Gasteiger partial charge in [0.15, 0.2) is 18.2 Å². The number of carbonyl (C=O) groups excluding carboxylic acids is 2. The van der Waals surface area contributed by atoms with Crippen LogP contribution >= 0.6 is 11.8 Å². The summed E-state index contributed by atoms with van der Waals surface area (Å²) in [6.45, 7) is 3.42. The molecule has 0 saturated carbocycles. The van der Waals surface area contributed by atoms with Crippen LogP contribution in [-0.2, 0) is 14.3 Å². The molecule has 0 unspecified atom stereocenters. The van der Waals surface area contributed by atoms with Crippen LogP contribution < -0.4 is 5.32 Å². The van der Waals surface area contributed by atoms with Gasteiger partial charge in [0.2, 0.25) is 0 Å². The van der Waals surface area contributed by atoms with Crippen molar-refractivity contribution in [2.75, 3.05) is 17.7 Å². The minimum atomic E-state index is -0.930. The molecular weight excluding hydrogens is 360 g/mol. The fourth-order valence-electron chi connectivity index (χ4n) is 2.09. The number of rotatable bonds is 7. The first-order valence-corrected chi connectivity index (χ1v) is 8.94. The van der Waals surface area contributed by atoms with Crippen molar-refractivity contribution in [3.8, 4) is 0 Å². The van der Waals surface area contributed by atoms with E-state index in [2.05, 4.69) is 5.32 Å². The van der Waals surface area contributed by atoms with Crippen LogP contribution in [0.3, 0.4) is 0 Å². The van der Waals surface area contributed by atoms with E-state index < -0.39 is 23.5 Å². The summed E-state index contributed by atoms with van der Waals surface area (Å²) in [4.78, 5) is 24.1. The first-order chi connectivity index (χ1) is 12.3. The Morgan fingerprint density at radius 2 is 1.85 bits per heavy atom. The predicted molar refractivity (Wildman–Crippen MR) is 97.2 cm³/mol. The average Bonchev–Trinajstić information content (AvgIpc) is 2.59. The number of benzene rings is 2. The van der Waals surface area contributed by atoms with Crippen LogP contribution in [0.5, 0.6) is 0 Å². The van der Waals surface area contributed by atoms with E-state index in [1.54, 1.807) is 0 Å². The topological polar surface area (TPSA) is 55.4 Å². The van der Waals surface area contributed by atoms with Gasteiger partial charge in [-0.05, 0) is 49.2 Å². The van der Waals surface area contributed by atoms with Gasteiger partial charge in [-0.15, -0.1) is 11.8 Å². The molecule has 0 fully saturated rings.